The van der Waals surface area contributed by atoms with Gasteiger partial charge in [-0.05, 0) is 41.2 Å². The van der Waals surface area contributed by atoms with Crippen LogP contribution in [0.3, 0.4) is 0 Å². The highest BCUT2D eigenvalue weighted by atomic mass is 79.9. The highest BCUT2D eigenvalue weighted by Crippen LogP contribution is 2.31. The van der Waals surface area contributed by atoms with E-state index in [0.717, 1.165) is 28.0 Å². The van der Waals surface area contributed by atoms with Gasteiger partial charge < -0.3 is 5.11 Å². The molecule has 5 heteroatoms. The summed E-state index contributed by atoms with van der Waals surface area (Å²) in [5.41, 5.74) is 2.68. The Hall–Kier alpha value is -0.650. The molecule has 0 spiro atoms. The molecule has 0 aliphatic carbocycles. The van der Waals surface area contributed by atoms with Gasteiger partial charge in [-0.15, -0.1) is 0 Å². The van der Waals surface area contributed by atoms with E-state index < -0.39 is 6.10 Å². The average molecular weight is 301 g/mol. The molecule has 3 nitrogen and oxygen atoms in total. The largest absolute Gasteiger partial charge is 0.382 e. The summed E-state index contributed by atoms with van der Waals surface area (Å²) in [7, 11) is 0. The summed E-state index contributed by atoms with van der Waals surface area (Å²) in [5.74, 6) is 0. The lowest BCUT2D eigenvalue weighted by Crippen LogP contribution is -2.08. The highest BCUT2D eigenvalue weighted by molar-refractivity contribution is 9.10. The quantitative estimate of drug-likeness (QED) is 0.946. The molecule has 1 N–H and O–H groups in total. The number of aryl methyl sites for hydroxylation is 2. The lowest BCUT2D eigenvalue weighted by atomic mass is 10.1. The van der Waals surface area contributed by atoms with Gasteiger partial charge in [-0.1, -0.05) is 0 Å². The van der Waals surface area contributed by atoms with Gasteiger partial charge >= 0.3 is 0 Å². The molecular formula is C11H13BrN2OS. The molecule has 16 heavy (non-hydrogen) atoms. The SMILES string of the molecule is CCn1nc(C)cc1C(O)c1cscc1Br. The summed E-state index contributed by atoms with van der Waals surface area (Å²) >= 11 is 5.01. The molecule has 1 unspecified atom stereocenters. The van der Waals surface area contributed by atoms with Crippen LogP contribution in [-0.2, 0) is 6.54 Å². The number of halogens is 1. The molecule has 0 aromatic carbocycles. The molecule has 86 valence electrons. The van der Waals surface area contributed by atoms with Crippen molar-refractivity contribution >= 4 is 27.3 Å². The average Bonchev–Trinajstić information content (AvgIpc) is 2.83. The fraction of sp³-hybridized carbons (Fsp3) is 0.364. The summed E-state index contributed by atoms with van der Waals surface area (Å²) in [6, 6.07) is 1.93. The number of hydrogen-bond donors (Lipinski definition) is 1. The maximum absolute atomic E-state index is 10.3. The molecule has 0 aliphatic heterocycles. The number of hydrogen-bond acceptors (Lipinski definition) is 3. The van der Waals surface area contributed by atoms with Gasteiger partial charge in [-0.25, -0.2) is 0 Å². The van der Waals surface area contributed by atoms with Crippen LogP contribution in [0.15, 0.2) is 21.3 Å². The molecule has 0 radical (unpaired) electrons. The third kappa shape index (κ3) is 2.07. The van der Waals surface area contributed by atoms with Crippen molar-refractivity contribution in [1.82, 2.24) is 9.78 Å². The minimum absolute atomic E-state index is 0.609. The van der Waals surface area contributed by atoms with Crippen LogP contribution in [0.4, 0.5) is 0 Å². The second-order valence-electron chi connectivity index (χ2n) is 3.60. The van der Waals surface area contributed by atoms with E-state index in [2.05, 4.69) is 21.0 Å². The summed E-state index contributed by atoms with van der Waals surface area (Å²) in [6.07, 6.45) is -0.609. The van der Waals surface area contributed by atoms with Crippen LogP contribution < -0.4 is 0 Å². The van der Waals surface area contributed by atoms with Gasteiger partial charge in [0.05, 0.1) is 11.4 Å². The molecule has 2 heterocycles. The van der Waals surface area contributed by atoms with Gasteiger partial charge in [0.1, 0.15) is 6.10 Å². The van der Waals surface area contributed by atoms with Crippen LogP contribution in [-0.4, -0.2) is 14.9 Å². The monoisotopic (exact) mass is 300 g/mol. The standard InChI is InChI=1S/C11H13BrN2OS/c1-3-14-10(4-7(2)13-14)11(15)8-5-16-6-9(8)12/h4-6,11,15H,3H2,1-2H3. The van der Waals surface area contributed by atoms with Gasteiger partial charge in [0.2, 0.25) is 0 Å². The zero-order valence-corrected chi connectivity index (χ0v) is 11.5. The Morgan fingerprint density at radius 3 is 2.88 bits per heavy atom. The number of nitrogens with zero attached hydrogens (tertiary/aromatic N) is 2. The third-order valence-electron chi connectivity index (χ3n) is 2.45. The van der Waals surface area contributed by atoms with Crippen LogP contribution in [0.25, 0.3) is 0 Å². The second kappa shape index (κ2) is 4.69. The second-order valence-corrected chi connectivity index (χ2v) is 5.20. The maximum atomic E-state index is 10.3. The van der Waals surface area contributed by atoms with Crippen molar-refractivity contribution in [3.8, 4) is 0 Å². The fourth-order valence-electron chi connectivity index (χ4n) is 1.68. The first kappa shape index (κ1) is 11.8. The van der Waals surface area contributed by atoms with Crippen molar-refractivity contribution in [3.63, 3.8) is 0 Å². The molecular weight excluding hydrogens is 288 g/mol. The number of aliphatic hydroxyl groups is 1. The Morgan fingerprint density at radius 1 is 1.56 bits per heavy atom. The van der Waals surface area contributed by atoms with Gasteiger partial charge in [0.15, 0.2) is 0 Å². The van der Waals surface area contributed by atoms with Gasteiger partial charge in [-0.3, -0.25) is 4.68 Å². The van der Waals surface area contributed by atoms with E-state index in [9.17, 15) is 5.11 Å². The molecule has 0 amide bonds. The summed E-state index contributed by atoms with van der Waals surface area (Å²) < 4.78 is 2.79. The Balaban J connectivity index is 2.40. The van der Waals surface area contributed by atoms with Crippen LogP contribution in [0.1, 0.15) is 30.0 Å². The van der Waals surface area contributed by atoms with Gasteiger partial charge in [0, 0.05) is 22.0 Å². The number of aromatic nitrogens is 2. The third-order valence-corrected chi connectivity index (χ3v) is 4.20. The summed E-state index contributed by atoms with van der Waals surface area (Å²) in [4.78, 5) is 0. The van der Waals surface area contributed by atoms with E-state index in [-0.39, 0.29) is 0 Å². The van der Waals surface area contributed by atoms with Crippen molar-refractivity contribution in [1.29, 1.82) is 0 Å². The van der Waals surface area contributed by atoms with E-state index in [1.165, 1.54) is 0 Å². The van der Waals surface area contributed by atoms with Crippen LogP contribution >= 0.6 is 27.3 Å². The van der Waals surface area contributed by atoms with Crippen molar-refractivity contribution in [2.24, 2.45) is 0 Å². The molecule has 1 atom stereocenters. The first-order valence-electron chi connectivity index (χ1n) is 5.07. The predicted molar refractivity (Wildman–Crippen MR) is 68.7 cm³/mol. The molecule has 2 aromatic rings. The Kier molecular flexibility index (Phi) is 3.47. The Morgan fingerprint density at radius 2 is 2.31 bits per heavy atom. The normalized spacial score (nSPS) is 13.0. The fourth-order valence-corrected chi connectivity index (χ4v) is 3.22. The number of aliphatic hydroxyl groups excluding tert-OH is 1. The molecule has 2 rings (SSSR count). The number of thiophene rings is 1. The summed E-state index contributed by atoms with van der Waals surface area (Å²) in [5, 5.41) is 18.6. The van der Waals surface area contributed by atoms with Gasteiger partial charge in [0.25, 0.3) is 0 Å². The highest BCUT2D eigenvalue weighted by Gasteiger charge is 2.18. The zero-order valence-electron chi connectivity index (χ0n) is 9.14. The lowest BCUT2D eigenvalue weighted by molar-refractivity contribution is 0.208. The predicted octanol–water partition coefficient (Wildman–Crippen LogP) is 3.12. The molecule has 0 saturated carbocycles. The summed E-state index contributed by atoms with van der Waals surface area (Å²) in [6.45, 7) is 4.72. The van der Waals surface area contributed by atoms with Crippen molar-refractivity contribution < 1.29 is 5.11 Å². The Labute approximate surface area is 107 Å². The molecule has 0 saturated heterocycles. The molecule has 2 aromatic heterocycles. The van der Waals surface area contributed by atoms with Crippen molar-refractivity contribution in [2.75, 3.05) is 0 Å². The molecule has 0 aliphatic rings. The van der Waals surface area contributed by atoms with Gasteiger partial charge in [-0.2, -0.15) is 16.4 Å². The first-order valence-corrected chi connectivity index (χ1v) is 6.81. The van der Waals surface area contributed by atoms with E-state index in [0.29, 0.717) is 0 Å². The van der Waals surface area contributed by atoms with Crippen LogP contribution in [0.2, 0.25) is 0 Å². The van der Waals surface area contributed by atoms with E-state index >= 15 is 0 Å². The topological polar surface area (TPSA) is 38.0 Å². The molecule has 0 bridgehead atoms. The first-order chi connectivity index (χ1) is 7.63. The minimum atomic E-state index is -0.609. The van der Waals surface area contributed by atoms with E-state index in [4.69, 9.17) is 0 Å². The Bertz CT molecular complexity index is 492. The van der Waals surface area contributed by atoms with Crippen LogP contribution in [0, 0.1) is 6.92 Å². The zero-order chi connectivity index (χ0) is 11.7. The minimum Gasteiger partial charge on any atom is -0.382 e. The van der Waals surface area contributed by atoms with Crippen LogP contribution in [0.5, 0.6) is 0 Å². The lowest BCUT2D eigenvalue weighted by Gasteiger charge is -2.11. The smallest absolute Gasteiger partial charge is 0.123 e. The van der Waals surface area contributed by atoms with Crippen molar-refractivity contribution in [2.45, 2.75) is 26.5 Å². The van der Waals surface area contributed by atoms with Crippen molar-refractivity contribution in [3.05, 3.63) is 38.3 Å². The number of rotatable bonds is 3. The van der Waals surface area contributed by atoms with E-state index in [1.807, 2.05) is 35.4 Å². The maximum Gasteiger partial charge on any atom is 0.123 e. The molecule has 0 fully saturated rings. The van der Waals surface area contributed by atoms with E-state index in [1.54, 1.807) is 11.3 Å².